The standard InChI is InChI=1S/C19H27N5O2/c1-2-4-15(3-1)11-25-9-7-16-8-10-26-19(16)12-23(13-19)18-6-5-17-21-20-14-24(17)22-18/h5-6,14-16H,1-4,7-13H2/t16-/m0/s1. The highest BCUT2D eigenvalue weighted by Crippen LogP contribution is 2.43. The zero-order chi connectivity index (χ0) is 17.4. The van der Waals surface area contributed by atoms with Crippen LogP contribution in [0, 0.1) is 11.8 Å². The Balaban J connectivity index is 1.14. The molecule has 2 aromatic rings. The molecule has 2 aliphatic heterocycles. The maximum atomic E-state index is 6.19. The first-order valence-electron chi connectivity index (χ1n) is 9.96. The van der Waals surface area contributed by atoms with Crippen LogP contribution in [0.1, 0.15) is 38.5 Å². The van der Waals surface area contributed by atoms with Crippen molar-refractivity contribution in [2.45, 2.75) is 44.1 Å². The first-order chi connectivity index (χ1) is 12.8. The second-order valence-corrected chi connectivity index (χ2v) is 8.09. The van der Waals surface area contributed by atoms with Crippen LogP contribution in [0.5, 0.6) is 0 Å². The molecule has 5 rings (SSSR count). The largest absolute Gasteiger partial charge is 0.381 e. The van der Waals surface area contributed by atoms with Gasteiger partial charge in [-0.05, 0) is 49.7 Å². The van der Waals surface area contributed by atoms with Gasteiger partial charge < -0.3 is 14.4 Å². The van der Waals surface area contributed by atoms with Gasteiger partial charge in [0.15, 0.2) is 5.65 Å². The molecule has 0 unspecified atom stereocenters. The van der Waals surface area contributed by atoms with E-state index in [9.17, 15) is 0 Å². The van der Waals surface area contributed by atoms with Crippen LogP contribution < -0.4 is 4.90 Å². The van der Waals surface area contributed by atoms with E-state index in [-0.39, 0.29) is 5.60 Å². The Labute approximate surface area is 153 Å². The third-order valence-electron chi connectivity index (χ3n) is 6.43. The average molecular weight is 357 g/mol. The number of hydrogen-bond donors (Lipinski definition) is 0. The molecule has 0 aromatic carbocycles. The van der Waals surface area contributed by atoms with E-state index in [2.05, 4.69) is 20.2 Å². The van der Waals surface area contributed by atoms with Crippen LogP contribution in [-0.4, -0.2) is 58.3 Å². The fourth-order valence-corrected chi connectivity index (χ4v) is 4.84. The van der Waals surface area contributed by atoms with Gasteiger partial charge in [-0.3, -0.25) is 0 Å². The Morgan fingerprint density at radius 3 is 2.96 bits per heavy atom. The van der Waals surface area contributed by atoms with Gasteiger partial charge in [0.25, 0.3) is 0 Å². The molecule has 4 heterocycles. The maximum absolute atomic E-state index is 6.19. The molecular formula is C19H27N5O2. The average Bonchev–Trinajstić information content (AvgIpc) is 3.36. The summed E-state index contributed by atoms with van der Waals surface area (Å²) in [7, 11) is 0. The van der Waals surface area contributed by atoms with Crippen LogP contribution in [0.15, 0.2) is 18.5 Å². The third kappa shape index (κ3) is 2.97. The minimum Gasteiger partial charge on any atom is -0.381 e. The second-order valence-electron chi connectivity index (χ2n) is 8.09. The van der Waals surface area contributed by atoms with E-state index < -0.39 is 0 Å². The van der Waals surface area contributed by atoms with E-state index in [0.717, 1.165) is 63.1 Å². The van der Waals surface area contributed by atoms with E-state index in [1.165, 1.54) is 25.7 Å². The Morgan fingerprint density at radius 1 is 1.19 bits per heavy atom. The zero-order valence-electron chi connectivity index (χ0n) is 15.2. The quantitative estimate of drug-likeness (QED) is 0.739. The van der Waals surface area contributed by atoms with Gasteiger partial charge in [0, 0.05) is 19.8 Å². The fourth-order valence-electron chi connectivity index (χ4n) is 4.84. The van der Waals surface area contributed by atoms with Gasteiger partial charge in [-0.25, -0.2) is 0 Å². The highest BCUT2D eigenvalue weighted by atomic mass is 16.5. The zero-order valence-corrected chi connectivity index (χ0v) is 15.2. The molecule has 0 amide bonds. The van der Waals surface area contributed by atoms with Crippen molar-refractivity contribution in [1.29, 1.82) is 0 Å². The molecule has 1 aliphatic carbocycles. The predicted molar refractivity (Wildman–Crippen MR) is 97.2 cm³/mol. The number of fused-ring (bicyclic) bond motifs is 1. The van der Waals surface area contributed by atoms with E-state index in [1.54, 1.807) is 10.8 Å². The highest BCUT2D eigenvalue weighted by molar-refractivity contribution is 5.48. The van der Waals surface area contributed by atoms with Crippen molar-refractivity contribution >= 4 is 11.5 Å². The highest BCUT2D eigenvalue weighted by Gasteiger charge is 2.53. The molecule has 7 nitrogen and oxygen atoms in total. The molecule has 0 N–H and O–H groups in total. The summed E-state index contributed by atoms with van der Waals surface area (Å²) in [6.45, 7) is 4.54. The molecule has 26 heavy (non-hydrogen) atoms. The normalized spacial score (nSPS) is 25.4. The van der Waals surface area contributed by atoms with Gasteiger partial charge in [0.1, 0.15) is 17.7 Å². The van der Waals surface area contributed by atoms with Crippen molar-refractivity contribution in [3.05, 3.63) is 18.5 Å². The number of anilines is 1. The molecule has 3 fully saturated rings. The Kier molecular flexibility index (Phi) is 4.29. The van der Waals surface area contributed by atoms with Gasteiger partial charge in [-0.15, -0.1) is 15.3 Å². The molecule has 3 aliphatic rings. The van der Waals surface area contributed by atoms with Crippen molar-refractivity contribution in [2.75, 3.05) is 37.8 Å². The van der Waals surface area contributed by atoms with Crippen molar-refractivity contribution < 1.29 is 9.47 Å². The van der Waals surface area contributed by atoms with Crippen molar-refractivity contribution in [3.8, 4) is 0 Å². The lowest BCUT2D eigenvalue weighted by molar-refractivity contribution is -0.0515. The number of nitrogens with zero attached hydrogens (tertiary/aromatic N) is 5. The SMILES string of the molecule is c1cc2nncn2nc1N1CC2(C1)OCC[C@@H]2CCOCC1CCCC1. The van der Waals surface area contributed by atoms with Crippen LogP contribution in [-0.2, 0) is 9.47 Å². The first kappa shape index (κ1) is 16.4. The second kappa shape index (κ2) is 6.78. The number of rotatable bonds is 6. The Bertz CT molecular complexity index is 751. The van der Waals surface area contributed by atoms with Gasteiger partial charge in [-0.2, -0.15) is 4.52 Å². The molecule has 1 saturated carbocycles. The van der Waals surface area contributed by atoms with E-state index in [0.29, 0.717) is 5.92 Å². The minimum atomic E-state index is 0.000539. The first-order valence-corrected chi connectivity index (χ1v) is 9.96. The van der Waals surface area contributed by atoms with Crippen LogP contribution in [0.25, 0.3) is 5.65 Å². The summed E-state index contributed by atoms with van der Waals surface area (Å²) in [4.78, 5) is 2.29. The third-order valence-corrected chi connectivity index (χ3v) is 6.43. The van der Waals surface area contributed by atoms with Gasteiger partial charge in [0.05, 0.1) is 13.1 Å². The van der Waals surface area contributed by atoms with Crippen LogP contribution in [0.3, 0.4) is 0 Å². The number of ether oxygens (including phenoxy) is 2. The summed E-state index contributed by atoms with van der Waals surface area (Å²) in [5.74, 6) is 2.37. The molecule has 2 saturated heterocycles. The molecular weight excluding hydrogens is 330 g/mol. The Morgan fingerprint density at radius 2 is 2.08 bits per heavy atom. The van der Waals surface area contributed by atoms with Crippen LogP contribution in [0.2, 0.25) is 0 Å². The lowest BCUT2D eigenvalue weighted by Gasteiger charge is -2.50. The maximum Gasteiger partial charge on any atom is 0.177 e. The lowest BCUT2D eigenvalue weighted by Crippen LogP contribution is -2.65. The smallest absolute Gasteiger partial charge is 0.177 e. The van der Waals surface area contributed by atoms with E-state index in [4.69, 9.17) is 9.47 Å². The van der Waals surface area contributed by atoms with Gasteiger partial charge in [-0.1, -0.05) is 12.8 Å². The summed E-state index contributed by atoms with van der Waals surface area (Å²) in [6.07, 6.45) is 9.39. The molecule has 140 valence electrons. The summed E-state index contributed by atoms with van der Waals surface area (Å²) >= 11 is 0. The molecule has 0 bridgehead atoms. The summed E-state index contributed by atoms with van der Waals surface area (Å²) in [6, 6.07) is 3.98. The molecule has 0 radical (unpaired) electrons. The van der Waals surface area contributed by atoms with E-state index >= 15 is 0 Å². The molecule has 1 atom stereocenters. The molecule has 2 aromatic heterocycles. The van der Waals surface area contributed by atoms with Crippen LogP contribution >= 0.6 is 0 Å². The molecule has 1 spiro atoms. The summed E-state index contributed by atoms with van der Waals surface area (Å²) in [5, 5.41) is 12.5. The van der Waals surface area contributed by atoms with Gasteiger partial charge >= 0.3 is 0 Å². The monoisotopic (exact) mass is 357 g/mol. The topological polar surface area (TPSA) is 64.8 Å². The van der Waals surface area contributed by atoms with Crippen molar-refractivity contribution in [2.24, 2.45) is 11.8 Å². The summed E-state index contributed by atoms with van der Waals surface area (Å²) in [5.41, 5.74) is 0.777. The number of hydrogen-bond acceptors (Lipinski definition) is 6. The van der Waals surface area contributed by atoms with Crippen molar-refractivity contribution in [1.82, 2.24) is 19.8 Å². The van der Waals surface area contributed by atoms with Gasteiger partial charge in [0.2, 0.25) is 0 Å². The van der Waals surface area contributed by atoms with Crippen molar-refractivity contribution in [3.63, 3.8) is 0 Å². The fraction of sp³-hybridized carbons (Fsp3) is 0.737. The minimum absolute atomic E-state index is 0.000539. The lowest BCUT2D eigenvalue weighted by atomic mass is 9.79. The predicted octanol–water partition coefficient (Wildman–Crippen LogP) is 2.32. The Hall–Kier alpha value is -1.73. The summed E-state index contributed by atoms with van der Waals surface area (Å²) < 4.78 is 13.9. The van der Waals surface area contributed by atoms with Crippen LogP contribution in [0.4, 0.5) is 5.82 Å². The van der Waals surface area contributed by atoms with E-state index in [1.807, 2.05) is 12.1 Å². The molecule has 7 heteroatoms. The number of aromatic nitrogens is 4.